The van der Waals surface area contributed by atoms with E-state index in [0.717, 1.165) is 13.0 Å². The van der Waals surface area contributed by atoms with Crippen LogP contribution in [0.3, 0.4) is 0 Å². The maximum absolute atomic E-state index is 10.1. The lowest BCUT2D eigenvalue weighted by atomic mass is 10.5. The molecule has 0 saturated carbocycles. The zero-order valence-electron chi connectivity index (χ0n) is 7.54. The van der Waals surface area contributed by atoms with Gasteiger partial charge in [0, 0.05) is 20.2 Å². The third-order valence-electron chi connectivity index (χ3n) is 1.14. The van der Waals surface area contributed by atoms with Crippen LogP contribution in [0, 0.1) is 0 Å². The molecule has 0 atom stereocenters. The number of nitrogens with zero attached hydrogens (tertiary/aromatic N) is 1. The van der Waals surface area contributed by atoms with Crippen molar-refractivity contribution in [1.29, 1.82) is 0 Å². The molecule has 4 nitrogen and oxygen atoms in total. The Morgan fingerprint density at radius 3 is 2.36 bits per heavy atom. The molecule has 0 aromatic rings. The van der Waals surface area contributed by atoms with Crippen molar-refractivity contribution in [3.63, 3.8) is 0 Å². The zero-order chi connectivity index (χ0) is 9.11. The van der Waals surface area contributed by atoms with Crippen molar-refractivity contribution in [2.75, 3.05) is 33.9 Å². The molecule has 0 unspecified atom stereocenters. The lowest BCUT2D eigenvalue weighted by Gasteiger charge is -2.12. The third kappa shape index (κ3) is 9.39. The van der Waals surface area contributed by atoms with E-state index in [1.54, 1.807) is 12.0 Å². The standard InChI is InChI=1S/C6H13NO2.CH5N/c1-3-7(6-8)4-5-9-2;1-2/h6H,3-5H2,1-2H3;2H2,1H3. The van der Waals surface area contributed by atoms with Gasteiger partial charge in [0.25, 0.3) is 0 Å². The summed E-state index contributed by atoms with van der Waals surface area (Å²) in [5.41, 5.74) is 4.50. The number of hydrogen-bond donors (Lipinski definition) is 1. The molecule has 0 heterocycles. The van der Waals surface area contributed by atoms with Crippen molar-refractivity contribution in [3.05, 3.63) is 0 Å². The van der Waals surface area contributed by atoms with Gasteiger partial charge in [0.1, 0.15) is 0 Å². The van der Waals surface area contributed by atoms with Crippen LogP contribution in [0.1, 0.15) is 6.92 Å². The van der Waals surface area contributed by atoms with Crippen molar-refractivity contribution in [2.24, 2.45) is 5.73 Å². The van der Waals surface area contributed by atoms with Crippen molar-refractivity contribution >= 4 is 6.41 Å². The molecule has 0 fully saturated rings. The maximum Gasteiger partial charge on any atom is 0.209 e. The molecule has 11 heavy (non-hydrogen) atoms. The Morgan fingerprint density at radius 2 is 2.09 bits per heavy atom. The highest BCUT2D eigenvalue weighted by atomic mass is 16.5. The van der Waals surface area contributed by atoms with E-state index in [1.165, 1.54) is 7.05 Å². The molecule has 0 aliphatic carbocycles. The predicted molar refractivity (Wildman–Crippen MR) is 45.3 cm³/mol. The van der Waals surface area contributed by atoms with Gasteiger partial charge < -0.3 is 15.4 Å². The Bertz CT molecular complexity index is 78.8. The summed E-state index contributed by atoms with van der Waals surface area (Å²) >= 11 is 0. The van der Waals surface area contributed by atoms with Gasteiger partial charge in [-0.2, -0.15) is 0 Å². The number of amides is 1. The molecule has 68 valence electrons. The third-order valence-corrected chi connectivity index (χ3v) is 1.14. The molecular weight excluding hydrogens is 144 g/mol. The molecule has 0 aromatic heterocycles. The first-order valence-electron chi connectivity index (χ1n) is 3.61. The van der Waals surface area contributed by atoms with Crippen LogP contribution < -0.4 is 5.73 Å². The monoisotopic (exact) mass is 162 g/mol. The number of methoxy groups -OCH3 is 1. The smallest absolute Gasteiger partial charge is 0.209 e. The lowest BCUT2D eigenvalue weighted by molar-refractivity contribution is -0.118. The van der Waals surface area contributed by atoms with Gasteiger partial charge in [-0.05, 0) is 14.0 Å². The quantitative estimate of drug-likeness (QED) is 0.564. The SMILES string of the molecule is CCN(C=O)CCOC.CN. The van der Waals surface area contributed by atoms with E-state index in [0.29, 0.717) is 13.2 Å². The van der Waals surface area contributed by atoms with Crippen molar-refractivity contribution in [2.45, 2.75) is 6.92 Å². The van der Waals surface area contributed by atoms with E-state index in [1.807, 2.05) is 6.92 Å². The highest BCUT2D eigenvalue weighted by Gasteiger charge is 1.93. The number of nitrogens with two attached hydrogens (primary N) is 1. The predicted octanol–water partition coefficient (Wildman–Crippen LogP) is -0.314. The van der Waals surface area contributed by atoms with Gasteiger partial charge in [0.05, 0.1) is 6.61 Å². The highest BCUT2D eigenvalue weighted by Crippen LogP contribution is 1.79. The first-order chi connectivity index (χ1) is 5.35. The van der Waals surface area contributed by atoms with Gasteiger partial charge in [-0.1, -0.05) is 0 Å². The van der Waals surface area contributed by atoms with Crippen LogP contribution in [0.5, 0.6) is 0 Å². The Balaban J connectivity index is 0. The van der Waals surface area contributed by atoms with Crippen LogP contribution in [0.25, 0.3) is 0 Å². The average molecular weight is 162 g/mol. The largest absolute Gasteiger partial charge is 0.383 e. The summed E-state index contributed by atoms with van der Waals surface area (Å²) in [5.74, 6) is 0. The summed E-state index contributed by atoms with van der Waals surface area (Å²) in [6.07, 6.45) is 0.832. The number of carbonyl (C=O) groups excluding carboxylic acids is 1. The average Bonchev–Trinajstić information content (AvgIpc) is 2.10. The van der Waals surface area contributed by atoms with Gasteiger partial charge in [-0.3, -0.25) is 4.79 Å². The first-order valence-corrected chi connectivity index (χ1v) is 3.61. The minimum Gasteiger partial charge on any atom is -0.383 e. The summed E-state index contributed by atoms with van der Waals surface area (Å²) < 4.78 is 4.78. The first kappa shape index (κ1) is 13.0. The van der Waals surface area contributed by atoms with Crippen LogP contribution in [0.15, 0.2) is 0 Å². The number of rotatable bonds is 5. The minimum absolute atomic E-state index is 0.618. The molecule has 0 saturated heterocycles. The van der Waals surface area contributed by atoms with E-state index in [-0.39, 0.29) is 0 Å². The second-order valence-corrected chi connectivity index (χ2v) is 1.73. The van der Waals surface area contributed by atoms with Crippen LogP contribution in [0.2, 0.25) is 0 Å². The van der Waals surface area contributed by atoms with Gasteiger partial charge in [-0.25, -0.2) is 0 Å². The summed E-state index contributed by atoms with van der Waals surface area (Å²) in [5, 5.41) is 0. The topological polar surface area (TPSA) is 55.6 Å². The number of carbonyl (C=O) groups is 1. The Labute approximate surface area is 68.3 Å². The fourth-order valence-electron chi connectivity index (χ4n) is 0.494. The second kappa shape index (κ2) is 12.1. The fraction of sp³-hybridized carbons (Fsp3) is 0.857. The van der Waals surface area contributed by atoms with Crippen molar-refractivity contribution in [1.82, 2.24) is 4.90 Å². The van der Waals surface area contributed by atoms with Crippen LogP contribution >= 0.6 is 0 Å². The molecule has 0 rings (SSSR count). The molecule has 0 aliphatic heterocycles. The van der Waals surface area contributed by atoms with Crippen LogP contribution in [0.4, 0.5) is 0 Å². The highest BCUT2D eigenvalue weighted by molar-refractivity contribution is 5.46. The summed E-state index contributed by atoms with van der Waals surface area (Å²) in [4.78, 5) is 11.8. The van der Waals surface area contributed by atoms with Crippen molar-refractivity contribution in [3.8, 4) is 0 Å². The molecular formula is C7H18N2O2. The molecule has 1 amide bonds. The molecule has 0 spiro atoms. The van der Waals surface area contributed by atoms with Gasteiger partial charge >= 0.3 is 0 Å². The second-order valence-electron chi connectivity index (χ2n) is 1.73. The molecule has 0 aliphatic rings. The molecule has 2 N–H and O–H groups in total. The maximum atomic E-state index is 10.1. The molecule has 0 bridgehead atoms. The Morgan fingerprint density at radius 1 is 1.55 bits per heavy atom. The zero-order valence-corrected chi connectivity index (χ0v) is 7.54. The van der Waals surface area contributed by atoms with Gasteiger partial charge in [-0.15, -0.1) is 0 Å². The van der Waals surface area contributed by atoms with Gasteiger partial charge in [0.2, 0.25) is 6.41 Å². The van der Waals surface area contributed by atoms with Gasteiger partial charge in [0.15, 0.2) is 0 Å². The number of likely N-dealkylation sites (N-methyl/N-ethyl adjacent to an activating group) is 1. The lowest BCUT2D eigenvalue weighted by Crippen LogP contribution is -2.25. The Kier molecular flexibility index (Phi) is 14.3. The Hall–Kier alpha value is -0.610. The van der Waals surface area contributed by atoms with E-state index >= 15 is 0 Å². The molecule has 4 heteroatoms. The fourth-order valence-corrected chi connectivity index (χ4v) is 0.494. The summed E-state index contributed by atoms with van der Waals surface area (Å²) in [6, 6.07) is 0. The number of hydrogen-bond acceptors (Lipinski definition) is 3. The van der Waals surface area contributed by atoms with Crippen LogP contribution in [-0.2, 0) is 9.53 Å². The minimum atomic E-state index is 0.618. The van der Waals surface area contributed by atoms with E-state index in [4.69, 9.17) is 4.74 Å². The van der Waals surface area contributed by atoms with E-state index in [9.17, 15) is 4.79 Å². The molecule has 0 radical (unpaired) electrons. The number of ether oxygens (including phenoxy) is 1. The summed E-state index contributed by atoms with van der Waals surface area (Å²) in [7, 11) is 3.12. The molecule has 0 aromatic carbocycles. The normalized spacial score (nSPS) is 8.00. The van der Waals surface area contributed by atoms with E-state index < -0.39 is 0 Å². The van der Waals surface area contributed by atoms with Crippen LogP contribution in [-0.4, -0.2) is 45.2 Å². The summed E-state index contributed by atoms with van der Waals surface area (Å²) in [6.45, 7) is 4.00. The van der Waals surface area contributed by atoms with E-state index in [2.05, 4.69) is 5.73 Å². The van der Waals surface area contributed by atoms with Crippen molar-refractivity contribution < 1.29 is 9.53 Å².